The lowest BCUT2D eigenvalue weighted by molar-refractivity contribution is 0.159. The molecule has 0 spiro atoms. The van der Waals surface area contributed by atoms with Gasteiger partial charge in [0, 0.05) is 11.8 Å². The zero-order valence-corrected chi connectivity index (χ0v) is 11.4. The highest BCUT2D eigenvalue weighted by Crippen LogP contribution is 2.23. The van der Waals surface area contributed by atoms with E-state index in [4.69, 9.17) is 4.52 Å². The fourth-order valence-electron chi connectivity index (χ4n) is 1.53. The molecule has 0 fully saturated rings. The van der Waals surface area contributed by atoms with Crippen LogP contribution in [-0.4, -0.2) is 29.9 Å². The quantitative estimate of drug-likeness (QED) is 0.915. The van der Waals surface area contributed by atoms with Crippen molar-refractivity contribution >= 4 is 9.84 Å². The van der Waals surface area contributed by atoms with Crippen molar-refractivity contribution in [1.82, 2.24) is 10.1 Å². The minimum absolute atomic E-state index is 0.181. The van der Waals surface area contributed by atoms with Crippen LogP contribution in [0.25, 0.3) is 11.5 Å². The molecule has 1 unspecified atom stereocenters. The van der Waals surface area contributed by atoms with Crippen LogP contribution in [0.15, 0.2) is 33.7 Å². The number of aliphatic hydroxyl groups excluding tert-OH is 1. The van der Waals surface area contributed by atoms with Crippen molar-refractivity contribution in [2.75, 3.05) is 6.26 Å². The van der Waals surface area contributed by atoms with Gasteiger partial charge in [-0.15, -0.1) is 0 Å². The first-order valence-electron chi connectivity index (χ1n) is 5.74. The standard InChI is InChI=1S/C12H14N2O4S/c1-3-10(15)11-13-12(18-14-11)8-5-4-6-9(7-8)19(2,16)17/h4-7,10,15H,3H2,1-2H3. The summed E-state index contributed by atoms with van der Waals surface area (Å²) in [4.78, 5) is 4.23. The second kappa shape index (κ2) is 5.10. The number of aliphatic hydroxyl groups is 1. The van der Waals surface area contributed by atoms with Crippen molar-refractivity contribution in [1.29, 1.82) is 0 Å². The predicted molar refractivity (Wildman–Crippen MR) is 68.1 cm³/mol. The van der Waals surface area contributed by atoms with Gasteiger partial charge in [-0.25, -0.2) is 8.42 Å². The van der Waals surface area contributed by atoms with Gasteiger partial charge in [-0.1, -0.05) is 18.1 Å². The molecule has 2 rings (SSSR count). The molecule has 102 valence electrons. The molecule has 1 atom stereocenters. The number of aromatic nitrogens is 2. The third-order valence-corrected chi connectivity index (χ3v) is 3.75. The van der Waals surface area contributed by atoms with Crippen molar-refractivity contribution in [3.05, 3.63) is 30.1 Å². The van der Waals surface area contributed by atoms with E-state index >= 15 is 0 Å². The molecule has 6 nitrogen and oxygen atoms in total. The maximum absolute atomic E-state index is 11.5. The molecule has 0 saturated heterocycles. The van der Waals surface area contributed by atoms with Crippen LogP contribution < -0.4 is 0 Å². The smallest absolute Gasteiger partial charge is 0.258 e. The summed E-state index contributed by atoms with van der Waals surface area (Å²) in [6.45, 7) is 1.80. The molecule has 2 aromatic rings. The first-order valence-corrected chi connectivity index (χ1v) is 7.63. The molecular formula is C12H14N2O4S. The molecule has 0 aliphatic rings. The Labute approximate surface area is 111 Å². The van der Waals surface area contributed by atoms with Gasteiger partial charge in [-0.3, -0.25) is 0 Å². The SMILES string of the molecule is CCC(O)c1noc(-c2cccc(S(C)(=O)=O)c2)n1. The Balaban J connectivity index is 2.40. The lowest BCUT2D eigenvalue weighted by atomic mass is 10.2. The van der Waals surface area contributed by atoms with Crippen LogP contribution in [-0.2, 0) is 9.84 Å². The van der Waals surface area contributed by atoms with Gasteiger partial charge >= 0.3 is 0 Å². The van der Waals surface area contributed by atoms with Crippen molar-refractivity contribution in [2.24, 2.45) is 0 Å². The first kappa shape index (κ1) is 13.7. The number of sulfone groups is 1. The minimum atomic E-state index is -3.29. The van der Waals surface area contributed by atoms with Crippen molar-refractivity contribution < 1.29 is 18.0 Å². The summed E-state index contributed by atoms with van der Waals surface area (Å²) < 4.78 is 28.0. The van der Waals surface area contributed by atoms with E-state index in [-0.39, 0.29) is 16.6 Å². The van der Waals surface area contributed by atoms with E-state index in [0.29, 0.717) is 12.0 Å². The van der Waals surface area contributed by atoms with Gasteiger partial charge < -0.3 is 9.63 Å². The Morgan fingerprint density at radius 3 is 2.79 bits per heavy atom. The maximum atomic E-state index is 11.5. The maximum Gasteiger partial charge on any atom is 0.258 e. The second-order valence-corrected chi connectivity index (χ2v) is 6.20. The Hall–Kier alpha value is -1.73. The van der Waals surface area contributed by atoms with E-state index in [1.165, 1.54) is 12.1 Å². The van der Waals surface area contributed by atoms with Crippen LogP contribution in [0.4, 0.5) is 0 Å². The Morgan fingerprint density at radius 2 is 2.16 bits per heavy atom. The highest BCUT2D eigenvalue weighted by molar-refractivity contribution is 7.90. The zero-order chi connectivity index (χ0) is 14.0. The molecule has 1 aromatic carbocycles. The molecule has 19 heavy (non-hydrogen) atoms. The summed E-state index contributed by atoms with van der Waals surface area (Å²) in [5.41, 5.74) is 0.505. The van der Waals surface area contributed by atoms with Crippen molar-refractivity contribution in [3.8, 4) is 11.5 Å². The minimum Gasteiger partial charge on any atom is -0.385 e. The third kappa shape index (κ3) is 2.99. The van der Waals surface area contributed by atoms with Crippen molar-refractivity contribution in [3.63, 3.8) is 0 Å². The number of benzene rings is 1. The van der Waals surface area contributed by atoms with E-state index in [2.05, 4.69) is 10.1 Å². The second-order valence-electron chi connectivity index (χ2n) is 4.18. The molecule has 1 N–H and O–H groups in total. The summed E-state index contributed by atoms with van der Waals surface area (Å²) in [6.07, 6.45) is 0.824. The lowest BCUT2D eigenvalue weighted by Gasteiger charge is -2.00. The fourth-order valence-corrected chi connectivity index (χ4v) is 2.20. The monoisotopic (exact) mass is 282 g/mol. The van der Waals surface area contributed by atoms with Gasteiger partial charge in [0.25, 0.3) is 5.89 Å². The van der Waals surface area contributed by atoms with E-state index in [1.807, 2.05) is 0 Å². The zero-order valence-electron chi connectivity index (χ0n) is 10.6. The topological polar surface area (TPSA) is 93.3 Å². The van der Waals surface area contributed by atoms with Gasteiger partial charge in [0.2, 0.25) is 5.82 Å². The van der Waals surface area contributed by atoms with Gasteiger partial charge in [0.1, 0.15) is 6.10 Å². The van der Waals surface area contributed by atoms with E-state index in [1.54, 1.807) is 19.1 Å². The average molecular weight is 282 g/mol. The summed E-state index contributed by atoms with van der Waals surface area (Å²) >= 11 is 0. The summed E-state index contributed by atoms with van der Waals surface area (Å²) in [5.74, 6) is 0.384. The van der Waals surface area contributed by atoms with E-state index < -0.39 is 15.9 Å². The van der Waals surface area contributed by atoms with Gasteiger partial charge in [0.05, 0.1) is 4.90 Å². The fraction of sp³-hybridized carbons (Fsp3) is 0.333. The summed E-state index contributed by atoms with van der Waals surface area (Å²) in [6, 6.07) is 6.23. The van der Waals surface area contributed by atoms with Gasteiger partial charge in [-0.05, 0) is 24.6 Å². The van der Waals surface area contributed by atoms with E-state index in [0.717, 1.165) is 6.26 Å². The molecule has 0 radical (unpaired) electrons. The molecule has 0 saturated carbocycles. The largest absolute Gasteiger partial charge is 0.385 e. The highest BCUT2D eigenvalue weighted by atomic mass is 32.2. The number of hydrogen-bond donors (Lipinski definition) is 1. The molecular weight excluding hydrogens is 268 g/mol. The number of nitrogens with zero attached hydrogens (tertiary/aromatic N) is 2. The summed E-state index contributed by atoms with van der Waals surface area (Å²) in [5, 5.41) is 13.3. The van der Waals surface area contributed by atoms with Crippen LogP contribution >= 0.6 is 0 Å². The average Bonchev–Trinajstić information content (AvgIpc) is 2.86. The Morgan fingerprint density at radius 1 is 1.42 bits per heavy atom. The van der Waals surface area contributed by atoms with E-state index in [9.17, 15) is 13.5 Å². The van der Waals surface area contributed by atoms with Crippen LogP contribution in [0.2, 0.25) is 0 Å². The predicted octanol–water partition coefficient (Wildman–Crippen LogP) is 1.58. The molecule has 1 heterocycles. The third-order valence-electron chi connectivity index (χ3n) is 2.64. The van der Waals surface area contributed by atoms with Crippen LogP contribution in [0, 0.1) is 0 Å². The van der Waals surface area contributed by atoms with Crippen LogP contribution in [0.3, 0.4) is 0 Å². The molecule has 7 heteroatoms. The van der Waals surface area contributed by atoms with Crippen LogP contribution in [0.5, 0.6) is 0 Å². The Kier molecular flexibility index (Phi) is 3.68. The van der Waals surface area contributed by atoms with Crippen molar-refractivity contribution in [2.45, 2.75) is 24.3 Å². The van der Waals surface area contributed by atoms with Gasteiger partial charge in [-0.2, -0.15) is 4.98 Å². The normalized spacial score (nSPS) is 13.4. The number of rotatable bonds is 4. The molecule has 0 amide bonds. The molecule has 1 aromatic heterocycles. The first-order chi connectivity index (χ1) is 8.91. The Bertz CT molecular complexity index is 679. The van der Waals surface area contributed by atoms with Crippen LogP contribution in [0.1, 0.15) is 25.3 Å². The number of hydrogen-bond acceptors (Lipinski definition) is 6. The molecule has 0 aliphatic heterocycles. The van der Waals surface area contributed by atoms with Gasteiger partial charge in [0.15, 0.2) is 9.84 Å². The molecule has 0 bridgehead atoms. The lowest BCUT2D eigenvalue weighted by Crippen LogP contribution is -1.98. The highest BCUT2D eigenvalue weighted by Gasteiger charge is 2.16. The molecule has 0 aliphatic carbocycles. The summed E-state index contributed by atoms with van der Waals surface area (Å²) in [7, 11) is -3.29.